The van der Waals surface area contributed by atoms with Crippen LogP contribution >= 0.6 is 0 Å². The van der Waals surface area contributed by atoms with Crippen LogP contribution in [0, 0.1) is 0 Å². The van der Waals surface area contributed by atoms with E-state index in [0.717, 1.165) is 50.3 Å². The van der Waals surface area contributed by atoms with Crippen LogP contribution in [0.15, 0.2) is 60.9 Å². The zero-order chi connectivity index (χ0) is 21.6. The van der Waals surface area contributed by atoms with Crippen LogP contribution in [0.1, 0.15) is 29.0 Å². The first-order valence-electron chi connectivity index (χ1n) is 10.7. The number of aromatic nitrogens is 3. The molecule has 3 heterocycles. The molecule has 1 amide bonds. The molecule has 1 aliphatic heterocycles. The number of likely N-dealkylation sites (tertiary alicyclic amines) is 1. The van der Waals surface area contributed by atoms with Gasteiger partial charge in [-0.25, -0.2) is 4.68 Å². The first kappa shape index (κ1) is 21.1. The summed E-state index contributed by atoms with van der Waals surface area (Å²) in [4.78, 5) is 21.9. The quantitative estimate of drug-likeness (QED) is 0.589. The second-order valence-electron chi connectivity index (χ2n) is 7.89. The van der Waals surface area contributed by atoms with Crippen molar-refractivity contribution in [2.24, 2.45) is 0 Å². The molecule has 1 fully saturated rings. The van der Waals surface area contributed by atoms with Gasteiger partial charge in [0.15, 0.2) is 11.4 Å². The fraction of sp³-hybridized carbons (Fsp3) is 0.375. The Labute approximate surface area is 183 Å². The van der Waals surface area contributed by atoms with E-state index in [2.05, 4.69) is 21.0 Å². The lowest BCUT2D eigenvalue weighted by molar-refractivity contribution is 0.0634. The van der Waals surface area contributed by atoms with E-state index in [9.17, 15) is 4.79 Å². The van der Waals surface area contributed by atoms with Crippen LogP contribution in [0.5, 0.6) is 5.75 Å². The Balaban J connectivity index is 1.36. The molecule has 0 saturated carbocycles. The van der Waals surface area contributed by atoms with E-state index in [4.69, 9.17) is 4.74 Å². The van der Waals surface area contributed by atoms with E-state index < -0.39 is 0 Å². The zero-order valence-corrected chi connectivity index (χ0v) is 18.1. The molecule has 0 radical (unpaired) electrons. The lowest BCUT2D eigenvalue weighted by Gasteiger charge is -2.36. The number of nitrogens with zero attached hydrogens (tertiary/aromatic N) is 5. The van der Waals surface area contributed by atoms with Gasteiger partial charge in [-0.05, 0) is 37.1 Å². The van der Waals surface area contributed by atoms with Crippen LogP contribution in [0.25, 0.3) is 5.69 Å². The number of rotatable bonds is 7. The summed E-state index contributed by atoms with van der Waals surface area (Å²) in [6.45, 7) is 2.95. The molecule has 7 nitrogen and oxygen atoms in total. The molecule has 1 aromatic carbocycles. The summed E-state index contributed by atoms with van der Waals surface area (Å²) in [6.07, 6.45) is 6.46. The molecule has 162 valence electrons. The van der Waals surface area contributed by atoms with Crippen LogP contribution in [0.3, 0.4) is 0 Å². The van der Waals surface area contributed by atoms with Gasteiger partial charge in [0.25, 0.3) is 5.91 Å². The molecular formula is C24H29N5O2. The molecule has 3 aromatic rings. The molecule has 4 rings (SSSR count). The van der Waals surface area contributed by atoms with Crippen LogP contribution < -0.4 is 4.74 Å². The van der Waals surface area contributed by atoms with Crippen LogP contribution in [0.2, 0.25) is 0 Å². The Kier molecular flexibility index (Phi) is 6.62. The number of hydrogen-bond donors (Lipinski definition) is 0. The zero-order valence-electron chi connectivity index (χ0n) is 18.1. The van der Waals surface area contributed by atoms with Crippen LogP contribution in [0.4, 0.5) is 0 Å². The minimum absolute atomic E-state index is 0.0986. The molecule has 2 aromatic heterocycles. The Morgan fingerprint density at radius 1 is 1.13 bits per heavy atom. The van der Waals surface area contributed by atoms with Gasteiger partial charge in [-0.1, -0.05) is 24.3 Å². The van der Waals surface area contributed by atoms with E-state index in [1.54, 1.807) is 18.0 Å². The minimum atomic E-state index is -0.0986. The van der Waals surface area contributed by atoms with Gasteiger partial charge < -0.3 is 14.5 Å². The van der Waals surface area contributed by atoms with Gasteiger partial charge in [0.1, 0.15) is 0 Å². The van der Waals surface area contributed by atoms with Crippen molar-refractivity contribution in [3.63, 3.8) is 0 Å². The molecule has 0 atom stereocenters. The maximum absolute atomic E-state index is 13.2. The Bertz CT molecular complexity index is 982. The number of para-hydroxylation sites is 1. The van der Waals surface area contributed by atoms with Gasteiger partial charge in [-0.2, -0.15) is 5.10 Å². The smallest absolute Gasteiger partial charge is 0.278 e. The van der Waals surface area contributed by atoms with E-state index in [-0.39, 0.29) is 11.9 Å². The highest BCUT2D eigenvalue weighted by molar-refractivity contribution is 5.95. The summed E-state index contributed by atoms with van der Waals surface area (Å²) in [5.74, 6) is 0.395. The Morgan fingerprint density at radius 2 is 1.87 bits per heavy atom. The van der Waals surface area contributed by atoms with Gasteiger partial charge in [0.05, 0.1) is 19.0 Å². The SMILES string of the molecule is COc1cn(-c2ccccc2)nc1C(=O)N(C)C1CCN(CCc2ccccn2)CC1. The van der Waals surface area contributed by atoms with E-state index in [1.807, 2.05) is 60.6 Å². The topological polar surface area (TPSA) is 63.5 Å². The molecule has 0 spiro atoms. The van der Waals surface area contributed by atoms with Crippen molar-refractivity contribution in [2.45, 2.75) is 25.3 Å². The highest BCUT2D eigenvalue weighted by Gasteiger charge is 2.29. The number of ether oxygens (including phenoxy) is 1. The van der Waals surface area contributed by atoms with Gasteiger partial charge in [-0.15, -0.1) is 0 Å². The molecule has 0 unspecified atom stereocenters. The van der Waals surface area contributed by atoms with Crippen molar-refractivity contribution in [2.75, 3.05) is 33.8 Å². The van der Waals surface area contributed by atoms with Crippen molar-refractivity contribution < 1.29 is 9.53 Å². The van der Waals surface area contributed by atoms with Crippen LogP contribution in [-0.4, -0.2) is 70.3 Å². The monoisotopic (exact) mass is 419 g/mol. The third-order valence-corrected chi connectivity index (χ3v) is 5.96. The third kappa shape index (κ3) is 4.94. The van der Waals surface area contributed by atoms with Gasteiger partial charge >= 0.3 is 0 Å². The maximum Gasteiger partial charge on any atom is 0.278 e. The molecule has 7 heteroatoms. The molecular weight excluding hydrogens is 390 g/mol. The van der Waals surface area contributed by atoms with Gasteiger partial charge in [0.2, 0.25) is 0 Å². The molecule has 1 aliphatic rings. The summed E-state index contributed by atoms with van der Waals surface area (Å²) in [7, 11) is 3.45. The Hall–Kier alpha value is -3.19. The Morgan fingerprint density at radius 3 is 2.55 bits per heavy atom. The summed E-state index contributed by atoms with van der Waals surface area (Å²) in [5, 5.41) is 4.53. The fourth-order valence-corrected chi connectivity index (χ4v) is 4.05. The maximum atomic E-state index is 13.2. The van der Waals surface area contributed by atoms with Crippen molar-refractivity contribution in [1.29, 1.82) is 0 Å². The number of piperidine rings is 1. The van der Waals surface area contributed by atoms with Crippen molar-refractivity contribution in [3.05, 3.63) is 72.3 Å². The number of benzene rings is 1. The average molecular weight is 420 g/mol. The van der Waals surface area contributed by atoms with Crippen LogP contribution in [-0.2, 0) is 6.42 Å². The number of carbonyl (C=O) groups is 1. The van der Waals surface area contributed by atoms with Gasteiger partial charge in [0, 0.05) is 51.0 Å². The standard InChI is InChI=1S/C24H29N5O2/c1-27(20-12-16-28(17-13-20)15-11-19-8-6-7-14-25-19)24(30)23-22(31-2)18-29(26-23)21-9-4-3-5-10-21/h3-10,14,18,20H,11-13,15-17H2,1-2H3. The van der Waals surface area contributed by atoms with E-state index in [1.165, 1.54) is 0 Å². The van der Waals surface area contributed by atoms with E-state index >= 15 is 0 Å². The lowest BCUT2D eigenvalue weighted by Crippen LogP contribution is -2.46. The highest BCUT2D eigenvalue weighted by Crippen LogP contribution is 2.24. The van der Waals surface area contributed by atoms with Crippen molar-refractivity contribution in [3.8, 4) is 11.4 Å². The first-order valence-corrected chi connectivity index (χ1v) is 10.7. The number of amides is 1. The molecule has 31 heavy (non-hydrogen) atoms. The predicted molar refractivity (Wildman–Crippen MR) is 120 cm³/mol. The number of hydrogen-bond acceptors (Lipinski definition) is 5. The summed E-state index contributed by atoms with van der Waals surface area (Å²) < 4.78 is 7.15. The summed E-state index contributed by atoms with van der Waals surface area (Å²) in [6, 6.07) is 16.0. The average Bonchev–Trinajstić information content (AvgIpc) is 3.28. The van der Waals surface area contributed by atoms with Crippen molar-refractivity contribution >= 4 is 5.91 Å². The normalized spacial score (nSPS) is 15.0. The molecule has 1 saturated heterocycles. The molecule has 0 bridgehead atoms. The number of methoxy groups -OCH3 is 1. The van der Waals surface area contributed by atoms with Crippen molar-refractivity contribution in [1.82, 2.24) is 24.6 Å². The van der Waals surface area contributed by atoms with E-state index in [0.29, 0.717) is 11.4 Å². The number of pyridine rings is 1. The summed E-state index contributed by atoms with van der Waals surface area (Å²) in [5.41, 5.74) is 2.37. The predicted octanol–water partition coefficient (Wildman–Crippen LogP) is 3.06. The molecule has 0 N–H and O–H groups in total. The lowest BCUT2D eigenvalue weighted by atomic mass is 10.0. The molecule has 0 aliphatic carbocycles. The largest absolute Gasteiger partial charge is 0.493 e. The van der Waals surface area contributed by atoms with Gasteiger partial charge in [-0.3, -0.25) is 9.78 Å². The fourth-order valence-electron chi connectivity index (χ4n) is 4.05. The second kappa shape index (κ2) is 9.75. The second-order valence-corrected chi connectivity index (χ2v) is 7.89. The first-order chi connectivity index (χ1) is 15.2. The minimum Gasteiger partial charge on any atom is -0.493 e. The third-order valence-electron chi connectivity index (χ3n) is 5.96. The number of carbonyl (C=O) groups excluding carboxylic acids is 1. The summed E-state index contributed by atoms with van der Waals surface area (Å²) >= 11 is 0. The highest BCUT2D eigenvalue weighted by atomic mass is 16.5.